The van der Waals surface area contributed by atoms with Gasteiger partial charge in [-0.3, -0.25) is 9.59 Å². The van der Waals surface area contributed by atoms with Crippen LogP contribution in [0.3, 0.4) is 0 Å². The van der Waals surface area contributed by atoms with Crippen LogP contribution in [-0.2, 0) is 4.79 Å². The first-order valence-corrected chi connectivity index (χ1v) is 6.53. The van der Waals surface area contributed by atoms with Gasteiger partial charge in [0.05, 0.1) is 16.9 Å². The van der Waals surface area contributed by atoms with E-state index in [-0.39, 0.29) is 0 Å². The predicted molar refractivity (Wildman–Crippen MR) is 79.7 cm³/mol. The number of anilines is 2. The van der Waals surface area contributed by atoms with E-state index >= 15 is 0 Å². The smallest absolute Gasteiger partial charge is 0.296 e. The molecule has 1 amide bonds. The van der Waals surface area contributed by atoms with Crippen LogP contribution in [0.25, 0.3) is 0 Å². The van der Waals surface area contributed by atoms with Gasteiger partial charge in [-0.15, -0.1) is 13.2 Å². The normalized spacial score (nSPS) is 12.9. The lowest BCUT2D eigenvalue weighted by molar-refractivity contribution is -0.112. The molecule has 0 fully saturated rings. The first-order chi connectivity index (χ1) is 9.08. The Kier molecular flexibility index (Phi) is 3.85. The number of halogens is 1. The van der Waals surface area contributed by atoms with Gasteiger partial charge in [-0.2, -0.15) is 0 Å². The van der Waals surface area contributed by atoms with Gasteiger partial charge in [0.25, 0.3) is 11.7 Å². The lowest BCUT2D eigenvalue weighted by Gasteiger charge is -2.23. The number of nitrogens with one attached hydrogen (secondary N) is 1. The topological polar surface area (TPSA) is 49.4 Å². The summed E-state index contributed by atoms with van der Waals surface area (Å²) in [6, 6.07) is 3.46. The maximum atomic E-state index is 11.6. The first-order valence-electron chi connectivity index (χ1n) is 5.74. The van der Waals surface area contributed by atoms with E-state index in [1.54, 1.807) is 24.3 Å². The molecule has 0 aromatic heterocycles. The summed E-state index contributed by atoms with van der Waals surface area (Å²) in [7, 11) is 0. The lowest BCUT2D eigenvalue weighted by atomic mass is 10.1. The minimum Gasteiger partial charge on any atom is -0.363 e. The number of Topliss-reactive ketones (excluding diaryl/α,β-unsaturated/α-hetero) is 1. The van der Waals surface area contributed by atoms with Crippen LogP contribution >= 0.6 is 15.9 Å². The van der Waals surface area contributed by atoms with Crippen molar-refractivity contribution < 1.29 is 9.59 Å². The fourth-order valence-electron chi connectivity index (χ4n) is 1.98. The van der Waals surface area contributed by atoms with Gasteiger partial charge < -0.3 is 10.2 Å². The standard InChI is InChI=1S/C14H13BrN2O2/c1-3-5-17(6-4-2)12-8-11-9(7-10(12)15)13(18)14(19)16-11/h3-4,7-8H,1-2,5-6H2,(H,16,18,19). The highest BCUT2D eigenvalue weighted by atomic mass is 79.9. The van der Waals surface area contributed by atoms with E-state index in [0.29, 0.717) is 24.3 Å². The molecule has 0 radical (unpaired) electrons. The molecule has 0 aliphatic carbocycles. The Morgan fingerprint density at radius 2 is 1.84 bits per heavy atom. The Labute approximate surface area is 119 Å². The number of hydrogen-bond acceptors (Lipinski definition) is 3. The van der Waals surface area contributed by atoms with E-state index in [4.69, 9.17) is 0 Å². The molecule has 0 saturated heterocycles. The summed E-state index contributed by atoms with van der Waals surface area (Å²) >= 11 is 3.44. The van der Waals surface area contributed by atoms with Crippen LogP contribution < -0.4 is 10.2 Å². The third-order valence-electron chi connectivity index (χ3n) is 2.83. The van der Waals surface area contributed by atoms with Crippen molar-refractivity contribution in [2.75, 3.05) is 23.3 Å². The molecular weight excluding hydrogens is 308 g/mol. The average Bonchev–Trinajstić information content (AvgIpc) is 2.64. The molecule has 1 aliphatic heterocycles. The third-order valence-corrected chi connectivity index (χ3v) is 3.46. The number of fused-ring (bicyclic) bond motifs is 1. The number of amides is 1. The van der Waals surface area contributed by atoms with Crippen molar-refractivity contribution in [1.29, 1.82) is 0 Å². The molecule has 1 heterocycles. The molecule has 98 valence electrons. The number of carbonyl (C=O) groups is 2. The Morgan fingerprint density at radius 3 is 2.42 bits per heavy atom. The molecule has 0 bridgehead atoms. The molecule has 1 aliphatic rings. The van der Waals surface area contributed by atoms with Gasteiger partial charge in [0, 0.05) is 17.6 Å². The molecular formula is C14H13BrN2O2. The van der Waals surface area contributed by atoms with E-state index in [9.17, 15) is 9.59 Å². The molecule has 0 unspecified atom stereocenters. The largest absolute Gasteiger partial charge is 0.363 e. The van der Waals surface area contributed by atoms with Crippen molar-refractivity contribution in [3.8, 4) is 0 Å². The van der Waals surface area contributed by atoms with Crippen molar-refractivity contribution in [2.24, 2.45) is 0 Å². The third kappa shape index (κ3) is 2.46. The minimum atomic E-state index is -0.585. The Hall–Kier alpha value is -1.88. The highest BCUT2D eigenvalue weighted by molar-refractivity contribution is 9.10. The summed E-state index contributed by atoms with van der Waals surface area (Å²) in [5.74, 6) is -1.08. The fourth-order valence-corrected chi connectivity index (χ4v) is 2.57. The van der Waals surface area contributed by atoms with Crippen LogP contribution in [0.4, 0.5) is 11.4 Å². The summed E-state index contributed by atoms with van der Waals surface area (Å²) < 4.78 is 0.764. The second kappa shape index (κ2) is 5.40. The van der Waals surface area contributed by atoms with Crippen molar-refractivity contribution in [3.05, 3.63) is 47.5 Å². The van der Waals surface area contributed by atoms with Gasteiger partial charge in [0.1, 0.15) is 0 Å². The van der Waals surface area contributed by atoms with Crippen LogP contribution in [0, 0.1) is 0 Å². The second-order valence-electron chi connectivity index (χ2n) is 4.11. The van der Waals surface area contributed by atoms with Crippen molar-refractivity contribution in [1.82, 2.24) is 0 Å². The van der Waals surface area contributed by atoms with Crippen LogP contribution in [0.1, 0.15) is 10.4 Å². The van der Waals surface area contributed by atoms with Gasteiger partial charge >= 0.3 is 0 Å². The highest BCUT2D eigenvalue weighted by Gasteiger charge is 2.29. The lowest BCUT2D eigenvalue weighted by Crippen LogP contribution is -2.23. The molecule has 4 nitrogen and oxygen atoms in total. The van der Waals surface area contributed by atoms with E-state index < -0.39 is 11.7 Å². The maximum Gasteiger partial charge on any atom is 0.296 e. The van der Waals surface area contributed by atoms with Gasteiger partial charge in [0.15, 0.2) is 0 Å². The predicted octanol–water partition coefficient (Wildman–Crippen LogP) is 2.76. The number of nitrogens with zero attached hydrogens (tertiary/aromatic N) is 1. The summed E-state index contributed by atoms with van der Waals surface area (Å²) in [6.07, 6.45) is 3.57. The summed E-state index contributed by atoms with van der Waals surface area (Å²) in [4.78, 5) is 25.0. The number of benzene rings is 1. The molecule has 19 heavy (non-hydrogen) atoms. The molecule has 1 N–H and O–H groups in total. The molecule has 1 aromatic carbocycles. The summed E-state index contributed by atoms with van der Waals surface area (Å²) in [5, 5.41) is 2.57. The zero-order chi connectivity index (χ0) is 14.0. The zero-order valence-electron chi connectivity index (χ0n) is 10.3. The zero-order valence-corrected chi connectivity index (χ0v) is 11.9. The van der Waals surface area contributed by atoms with E-state index in [1.807, 2.05) is 4.90 Å². The molecule has 1 aromatic rings. The molecule has 2 rings (SSSR count). The number of carbonyl (C=O) groups excluding carboxylic acids is 2. The number of ketones is 1. The van der Waals surface area contributed by atoms with Crippen LogP contribution in [0.2, 0.25) is 0 Å². The van der Waals surface area contributed by atoms with E-state index in [2.05, 4.69) is 34.4 Å². The monoisotopic (exact) mass is 320 g/mol. The first kappa shape index (κ1) is 13.5. The van der Waals surface area contributed by atoms with Crippen LogP contribution in [-0.4, -0.2) is 24.8 Å². The van der Waals surface area contributed by atoms with Crippen molar-refractivity contribution in [3.63, 3.8) is 0 Å². The van der Waals surface area contributed by atoms with E-state index in [0.717, 1.165) is 10.2 Å². The summed E-state index contributed by atoms with van der Waals surface area (Å²) in [6.45, 7) is 8.73. The Balaban J connectivity index is 2.45. The molecule has 5 heteroatoms. The van der Waals surface area contributed by atoms with E-state index in [1.165, 1.54) is 0 Å². The Morgan fingerprint density at radius 1 is 1.21 bits per heavy atom. The average molecular weight is 321 g/mol. The maximum absolute atomic E-state index is 11.6. The van der Waals surface area contributed by atoms with Gasteiger partial charge in [-0.05, 0) is 28.1 Å². The minimum absolute atomic E-state index is 0.401. The second-order valence-corrected chi connectivity index (χ2v) is 4.97. The quantitative estimate of drug-likeness (QED) is 0.670. The highest BCUT2D eigenvalue weighted by Crippen LogP contribution is 2.35. The SMILES string of the molecule is C=CCN(CC=C)c1cc2c(cc1Br)C(=O)C(=O)N2. The summed E-state index contributed by atoms with van der Waals surface area (Å²) in [5.41, 5.74) is 1.83. The van der Waals surface area contributed by atoms with Gasteiger partial charge in [-0.1, -0.05) is 12.2 Å². The van der Waals surface area contributed by atoms with Gasteiger partial charge in [-0.25, -0.2) is 0 Å². The number of hydrogen-bond donors (Lipinski definition) is 1. The van der Waals surface area contributed by atoms with Crippen molar-refractivity contribution in [2.45, 2.75) is 0 Å². The van der Waals surface area contributed by atoms with Gasteiger partial charge in [0.2, 0.25) is 0 Å². The number of rotatable bonds is 5. The molecule has 0 spiro atoms. The van der Waals surface area contributed by atoms with Crippen molar-refractivity contribution >= 4 is 39.0 Å². The van der Waals surface area contributed by atoms with Crippen LogP contribution in [0.15, 0.2) is 41.9 Å². The molecule has 0 atom stereocenters. The van der Waals surface area contributed by atoms with Crippen LogP contribution in [0.5, 0.6) is 0 Å². The molecule has 0 saturated carbocycles. The Bertz CT molecular complexity index is 571. The fraction of sp³-hybridized carbons (Fsp3) is 0.143.